The van der Waals surface area contributed by atoms with E-state index in [9.17, 15) is 27.1 Å². The molecule has 0 unspecified atom stereocenters. The second-order valence-corrected chi connectivity index (χ2v) is 9.68. The van der Waals surface area contributed by atoms with Crippen LogP contribution in [0, 0.1) is 11.6 Å². The van der Waals surface area contributed by atoms with Crippen molar-refractivity contribution in [3.05, 3.63) is 89.5 Å². The van der Waals surface area contributed by atoms with Gasteiger partial charge in [0.25, 0.3) is 10.0 Å². The number of anilines is 2. The second kappa shape index (κ2) is 9.78. The van der Waals surface area contributed by atoms with Crippen LogP contribution in [0.2, 0.25) is 0 Å². The SMILES string of the molecule is O=C(O)c1cc(NS(=O)(=O)c2cccc(F)c2)ccc1N1CCN(Cc2cccc(F)c2)CC1. The number of rotatable bonds is 7. The number of carboxylic acids is 1. The van der Waals surface area contributed by atoms with Crippen LogP contribution in [0.15, 0.2) is 71.6 Å². The van der Waals surface area contributed by atoms with E-state index in [1.54, 1.807) is 12.1 Å². The maximum absolute atomic E-state index is 13.4. The van der Waals surface area contributed by atoms with Gasteiger partial charge in [-0.2, -0.15) is 0 Å². The molecule has 0 aromatic heterocycles. The average Bonchev–Trinajstić information content (AvgIpc) is 2.79. The third kappa shape index (κ3) is 5.52. The number of nitrogens with one attached hydrogen (secondary N) is 1. The first-order chi connectivity index (χ1) is 16.2. The highest BCUT2D eigenvalue weighted by molar-refractivity contribution is 7.92. The Balaban J connectivity index is 1.47. The van der Waals surface area contributed by atoms with Crippen LogP contribution >= 0.6 is 0 Å². The van der Waals surface area contributed by atoms with Gasteiger partial charge >= 0.3 is 5.97 Å². The Morgan fingerprint density at radius 1 is 0.912 bits per heavy atom. The largest absolute Gasteiger partial charge is 0.478 e. The molecule has 0 atom stereocenters. The van der Waals surface area contributed by atoms with E-state index in [2.05, 4.69) is 9.62 Å². The second-order valence-electron chi connectivity index (χ2n) is 7.99. The zero-order chi connectivity index (χ0) is 24.3. The smallest absolute Gasteiger partial charge is 0.337 e. The first-order valence-corrected chi connectivity index (χ1v) is 12.1. The van der Waals surface area contributed by atoms with Gasteiger partial charge < -0.3 is 10.0 Å². The van der Waals surface area contributed by atoms with Crippen molar-refractivity contribution in [2.75, 3.05) is 35.8 Å². The van der Waals surface area contributed by atoms with Gasteiger partial charge in [-0.15, -0.1) is 0 Å². The maximum Gasteiger partial charge on any atom is 0.337 e. The number of halogens is 2. The highest BCUT2D eigenvalue weighted by Gasteiger charge is 2.23. The highest BCUT2D eigenvalue weighted by atomic mass is 32.2. The van der Waals surface area contributed by atoms with Gasteiger partial charge in [-0.1, -0.05) is 18.2 Å². The summed E-state index contributed by atoms with van der Waals surface area (Å²) in [7, 11) is -4.09. The van der Waals surface area contributed by atoms with E-state index in [0.29, 0.717) is 38.4 Å². The molecule has 0 aliphatic carbocycles. The summed E-state index contributed by atoms with van der Waals surface area (Å²) in [5.41, 5.74) is 1.37. The van der Waals surface area contributed by atoms with Crippen LogP contribution in [0.3, 0.4) is 0 Å². The first kappa shape index (κ1) is 23.7. The lowest BCUT2D eigenvalue weighted by atomic mass is 10.1. The third-order valence-corrected chi connectivity index (χ3v) is 6.97. The van der Waals surface area contributed by atoms with Crippen molar-refractivity contribution >= 4 is 27.4 Å². The molecule has 1 aliphatic heterocycles. The molecule has 1 aliphatic rings. The minimum atomic E-state index is -4.09. The van der Waals surface area contributed by atoms with Crippen LogP contribution in [0.1, 0.15) is 15.9 Å². The molecule has 1 heterocycles. The van der Waals surface area contributed by atoms with E-state index in [4.69, 9.17) is 0 Å². The molecule has 0 radical (unpaired) electrons. The predicted molar refractivity (Wildman–Crippen MR) is 124 cm³/mol. The summed E-state index contributed by atoms with van der Waals surface area (Å²) in [5.74, 6) is -2.17. The molecular weight excluding hydrogens is 464 g/mol. The van der Waals surface area contributed by atoms with Crippen molar-refractivity contribution in [1.82, 2.24) is 4.90 Å². The van der Waals surface area contributed by atoms with Gasteiger partial charge in [0.15, 0.2) is 0 Å². The molecule has 2 N–H and O–H groups in total. The molecule has 3 aromatic carbocycles. The lowest BCUT2D eigenvalue weighted by Gasteiger charge is -2.36. The van der Waals surface area contributed by atoms with Crippen LogP contribution in [0.4, 0.5) is 20.2 Å². The monoisotopic (exact) mass is 487 g/mol. The van der Waals surface area contributed by atoms with Crippen molar-refractivity contribution in [2.24, 2.45) is 0 Å². The lowest BCUT2D eigenvalue weighted by molar-refractivity contribution is 0.0697. The molecule has 0 saturated carbocycles. The fourth-order valence-electron chi connectivity index (χ4n) is 3.94. The summed E-state index contributed by atoms with van der Waals surface area (Å²) in [5, 5.41) is 9.75. The fraction of sp³-hybridized carbons (Fsp3) is 0.208. The summed E-state index contributed by atoms with van der Waals surface area (Å²) in [6.45, 7) is 3.03. The van der Waals surface area contributed by atoms with Gasteiger partial charge in [0.1, 0.15) is 11.6 Å². The lowest BCUT2D eigenvalue weighted by Crippen LogP contribution is -2.46. The number of hydrogen-bond acceptors (Lipinski definition) is 5. The summed E-state index contributed by atoms with van der Waals surface area (Å²) in [6.07, 6.45) is 0. The molecule has 0 spiro atoms. The Morgan fingerprint density at radius 3 is 2.24 bits per heavy atom. The molecule has 10 heteroatoms. The first-order valence-electron chi connectivity index (χ1n) is 10.6. The normalized spacial score (nSPS) is 14.7. The minimum absolute atomic E-state index is 0.0435. The highest BCUT2D eigenvalue weighted by Crippen LogP contribution is 2.27. The van der Waals surface area contributed by atoms with Crippen molar-refractivity contribution in [1.29, 1.82) is 0 Å². The van der Waals surface area contributed by atoms with Crippen LogP contribution in [-0.2, 0) is 16.6 Å². The van der Waals surface area contributed by atoms with Gasteiger partial charge in [0.2, 0.25) is 0 Å². The average molecular weight is 488 g/mol. The van der Waals surface area contributed by atoms with E-state index in [0.717, 1.165) is 17.7 Å². The molecule has 1 fully saturated rings. The molecule has 1 saturated heterocycles. The van der Waals surface area contributed by atoms with Gasteiger partial charge in [-0.05, 0) is 54.1 Å². The van der Waals surface area contributed by atoms with Gasteiger partial charge in [-0.25, -0.2) is 22.0 Å². The van der Waals surface area contributed by atoms with Gasteiger partial charge in [-0.3, -0.25) is 9.62 Å². The molecule has 3 aromatic rings. The summed E-state index contributed by atoms with van der Waals surface area (Å²) >= 11 is 0. The van der Waals surface area contributed by atoms with Crippen LogP contribution in [0.25, 0.3) is 0 Å². The molecular formula is C24H23F2N3O4S. The van der Waals surface area contributed by atoms with E-state index < -0.39 is 21.8 Å². The van der Waals surface area contributed by atoms with E-state index >= 15 is 0 Å². The number of piperazine rings is 1. The number of aromatic carboxylic acids is 1. The van der Waals surface area contributed by atoms with Crippen LogP contribution in [0.5, 0.6) is 0 Å². The van der Waals surface area contributed by atoms with Crippen molar-refractivity contribution in [3.8, 4) is 0 Å². The number of sulfonamides is 1. The van der Waals surface area contributed by atoms with Crippen LogP contribution in [-0.4, -0.2) is 50.6 Å². The van der Waals surface area contributed by atoms with Crippen molar-refractivity contribution in [2.45, 2.75) is 11.4 Å². The number of carbonyl (C=O) groups is 1. The maximum atomic E-state index is 13.4. The topological polar surface area (TPSA) is 89.9 Å². The van der Waals surface area contributed by atoms with E-state index in [1.807, 2.05) is 11.0 Å². The zero-order valence-electron chi connectivity index (χ0n) is 18.1. The number of hydrogen-bond donors (Lipinski definition) is 2. The Kier molecular flexibility index (Phi) is 6.80. The van der Waals surface area contributed by atoms with E-state index in [-0.39, 0.29) is 22.0 Å². The quantitative estimate of drug-likeness (QED) is 0.527. The minimum Gasteiger partial charge on any atom is -0.478 e. The Morgan fingerprint density at radius 2 is 1.59 bits per heavy atom. The molecule has 0 amide bonds. The molecule has 4 rings (SSSR count). The van der Waals surface area contributed by atoms with Crippen LogP contribution < -0.4 is 9.62 Å². The van der Waals surface area contributed by atoms with Crippen molar-refractivity contribution in [3.63, 3.8) is 0 Å². The summed E-state index contributed by atoms with van der Waals surface area (Å²) < 4.78 is 54.3. The van der Waals surface area contributed by atoms with Crippen molar-refractivity contribution < 1.29 is 27.1 Å². The Hall–Kier alpha value is -3.50. The third-order valence-electron chi connectivity index (χ3n) is 5.59. The summed E-state index contributed by atoms with van der Waals surface area (Å²) in [6, 6.07) is 15.3. The zero-order valence-corrected chi connectivity index (χ0v) is 18.9. The summed E-state index contributed by atoms with van der Waals surface area (Å²) in [4.78, 5) is 15.8. The van der Waals surface area contributed by atoms with Gasteiger partial charge in [0.05, 0.1) is 16.1 Å². The molecule has 34 heavy (non-hydrogen) atoms. The molecule has 0 bridgehead atoms. The fourth-order valence-corrected chi connectivity index (χ4v) is 5.02. The van der Waals surface area contributed by atoms with E-state index in [1.165, 1.54) is 36.4 Å². The Bertz CT molecular complexity index is 1310. The predicted octanol–water partition coefficient (Wildman–Crippen LogP) is 3.79. The molecule has 178 valence electrons. The number of benzene rings is 3. The molecule has 7 nitrogen and oxygen atoms in total. The number of carboxylic acid groups (broad SMARTS) is 1. The standard InChI is InChI=1S/C24H23F2N3O4S/c25-18-4-1-3-17(13-18)16-28-9-11-29(12-10-28)23-8-7-20(15-22(23)24(30)31)27-34(32,33)21-6-2-5-19(26)14-21/h1-8,13-15,27H,9-12,16H2,(H,30,31). The van der Waals surface area contributed by atoms with Gasteiger partial charge in [0, 0.05) is 38.4 Å². The Labute approximate surface area is 196 Å². The number of nitrogens with zero attached hydrogens (tertiary/aromatic N) is 2.